The molecule has 106 valence electrons. The first-order chi connectivity index (χ1) is 10.3. The van der Waals surface area contributed by atoms with Crippen molar-refractivity contribution in [2.24, 2.45) is 0 Å². The van der Waals surface area contributed by atoms with Crippen molar-refractivity contribution in [2.45, 2.75) is 31.3 Å². The minimum Gasteiger partial charge on any atom is -0.289 e. The normalized spacial score (nSPS) is 26.8. The van der Waals surface area contributed by atoms with Crippen molar-refractivity contribution in [2.75, 3.05) is 6.54 Å². The molecule has 0 aromatic heterocycles. The second-order valence-corrected chi connectivity index (χ2v) is 6.25. The van der Waals surface area contributed by atoms with E-state index in [2.05, 4.69) is 66.9 Å². The lowest BCUT2D eigenvalue weighted by atomic mass is 9.79. The molecule has 1 nitrogen and oxygen atoms in total. The van der Waals surface area contributed by atoms with Crippen LogP contribution in [0.4, 0.5) is 0 Å². The lowest BCUT2D eigenvalue weighted by molar-refractivity contribution is 0.139. The Morgan fingerprint density at radius 1 is 1.05 bits per heavy atom. The van der Waals surface area contributed by atoms with Gasteiger partial charge in [-0.15, -0.1) is 6.58 Å². The van der Waals surface area contributed by atoms with Gasteiger partial charge >= 0.3 is 0 Å². The van der Waals surface area contributed by atoms with Gasteiger partial charge in [0.05, 0.1) is 0 Å². The minimum atomic E-state index is 0.481. The number of nitrogens with zero attached hydrogens (tertiary/aromatic N) is 1. The van der Waals surface area contributed by atoms with Gasteiger partial charge in [0.15, 0.2) is 0 Å². The van der Waals surface area contributed by atoms with Crippen LogP contribution in [-0.4, -0.2) is 17.5 Å². The molecule has 3 atom stereocenters. The number of fused-ring (bicyclic) bond motifs is 1. The van der Waals surface area contributed by atoms with E-state index in [4.69, 9.17) is 0 Å². The zero-order chi connectivity index (χ0) is 14.4. The Balaban J connectivity index is 1.97. The van der Waals surface area contributed by atoms with Crippen LogP contribution >= 0.6 is 0 Å². The quantitative estimate of drug-likeness (QED) is 0.738. The van der Waals surface area contributed by atoms with Gasteiger partial charge in [0.1, 0.15) is 0 Å². The molecule has 2 aromatic carbocycles. The summed E-state index contributed by atoms with van der Waals surface area (Å²) in [5, 5.41) is 0. The molecule has 1 heteroatoms. The maximum atomic E-state index is 3.97. The third-order valence-electron chi connectivity index (χ3n) is 5.24. The van der Waals surface area contributed by atoms with Crippen molar-refractivity contribution in [3.8, 4) is 0 Å². The van der Waals surface area contributed by atoms with E-state index >= 15 is 0 Å². The molecule has 1 aliphatic carbocycles. The van der Waals surface area contributed by atoms with Gasteiger partial charge in [-0.3, -0.25) is 4.90 Å². The molecule has 2 aromatic rings. The molecule has 2 heterocycles. The van der Waals surface area contributed by atoms with E-state index in [-0.39, 0.29) is 0 Å². The summed E-state index contributed by atoms with van der Waals surface area (Å²) in [6.45, 7) is 7.30. The first kappa shape index (κ1) is 12.8. The number of benzene rings is 2. The van der Waals surface area contributed by atoms with E-state index in [1.165, 1.54) is 22.3 Å². The summed E-state index contributed by atoms with van der Waals surface area (Å²) >= 11 is 0. The van der Waals surface area contributed by atoms with Gasteiger partial charge in [0.25, 0.3) is 0 Å². The maximum absolute atomic E-state index is 3.97. The fourth-order valence-electron chi connectivity index (χ4n) is 4.34. The lowest BCUT2D eigenvalue weighted by Gasteiger charge is -2.43. The molecule has 0 saturated carbocycles. The van der Waals surface area contributed by atoms with E-state index in [0.29, 0.717) is 18.0 Å². The minimum absolute atomic E-state index is 0.481. The fraction of sp³-hybridized carbons (Fsp3) is 0.300. The van der Waals surface area contributed by atoms with Gasteiger partial charge < -0.3 is 0 Å². The zero-order valence-corrected chi connectivity index (χ0v) is 12.5. The molecule has 0 amide bonds. The van der Waals surface area contributed by atoms with E-state index < -0.39 is 0 Å². The Morgan fingerprint density at radius 2 is 1.71 bits per heavy atom. The molecule has 3 aliphatic rings. The van der Waals surface area contributed by atoms with Gasteiger partial charge in [-0.05, 0) is 35.6 Å². The summed E-state index contributed by atoms with van der Waals surface area (Å²) in [7, 11) is 0. The summed E-state index contributed by atoms with van der Waals surface area (Å²) < 4.78 is 0. The van der Waals surface area contributed by atoms with E-state index in [1.54, 1.807) is 0 Å². The van der Waals surface area contributed by atoms with Crippen LogP contribution in [0.25, 0.3) is 0 Å². The van der Waals surface area contributed by atoms with Crippen molar-refractivity contribution < 1.29 is 0 Å². The van der Waals surface area contributed by atoms with Crippen LogP contribution < -0.4 is 0 Å². The van der Waals surface area contributed by atoms with E-state index in [9.17, 15) is 0 Å². The topological polar surface area (TPSA) is 3.24 Å². The molecule has 0 fully saturated rings. The summed E-state index contributed by atoms with van der Waals surface area (Å²) in [6, 6.07) is 19.0. The highest BCUT2D eigenvalue weighted by Gasteiger charge is 2.42. The van der Waals surface area contributed by atoms with Crippen molar-refractivity contribution in [1.29, 1.82) is 0 Å². The highest BCUT2D eigenvalue weighted by atomic mass is 15.2. The van der Waals surface area contributed by atoms with Gasteiger partial charge in [-0.25, -0.2) is 0 Å². The smallest absolute Gasteiger partial charge is 0.0397 e. The Kier molecular flexibility index (Phi) is 2.97. The van der Waals surface area contributed by atoms with Crippen molar-refractivity contribution >= 4 is 0 Å². The third kappa shape index (κ3) is 1.81. The van der Waals surface area contributed by atoms with Crippen molar-refractivity contribution in [1.82, 2.24) is 4.90 Å². The lowest BCUT2D eigenvalue weighted by Crippen LogP contribution is -2.43. The molecule has 0 radical (unpaired) electrons. The molecule has 21 heavy (non-hydrogen) atoms. The van der Waals surface area contributed by atoms with E-state index in [1.807, 2.05) is 6.08 Å². The molecule has 0 spiro atoms. The van der Waals surface area contributed by atoms with Gasteiger partial charge in [0.2, 0.25) is 0 Å². The highest BCUT2D eigenvalue weighted by Crippen LogP contribution is 2.48. The zero-order valence-electron chi connectivity index (χ0n) is 12.5. The van der Waals surface area contributed by atoms with Crippen LogP contribution in [0, 0.1) is 0 Å². The monoisotopic (exact) mass is 275 g/mol. The summed E-state index contributed by atoms with van der Waals surface area (Å²) in [5.74, 6) is 0.482. The second-order valence-electron chi connectivity index (χ2n) is 6.25. The molecular formula is C20H21N. The predicted octanol–water partition coefficient (Wildman–Crippen LogP) is 4.31. The van der Waals surface area contributed by atoms with Crippen LogP contribution in [0.5, 0.6) is 0 Å². The summed E-state index contributed by atoms with van der Waals surface area (Å²) in [4.78, 5) is 2.62. The maximum Gasteiger partial charge on any atom is 0.0397 e. The third-order valence-corrected chi connectivity index (χ3v) is 5.24. The highest BCUT2D eigenvalue weighted by molar-refractivity contribution is 5.50. The summed E-state index contributed by atoms with van der Waals surface area (Å²) in [5.41, 5.74) is 6.08. The second kappa shape index (κ2) is 4.85. The largest absolute Gasteiger partial charge is 0.289 e. The molecular weight excluding hydrogens is 254 g/mol. The standard InChI is InChI=1S/C20H21N/c1-3-12-21-14(2)20-16-9-5-4-8-15(16)13-19(21)17-10-6-7-11-18(17)20/h3-11,14,19-20H,1,12-13H2,2H3/t14-,19-,20+/m0/s1. The van der Waals surface area contributed by atoms with Gasteiger partial charge in [-0.2, -0.15) is 0 Å². The molecule has 0 unspecified atom stereocenters. The van der Waals surface area contributed by atoms with Crippen LogP contribution in [0.3, 0.4) is 0 Å². The Morgan fingerprint density at radius 3 is 2.48 bits per heavy atom. The van der Waals surface area contributed by atoms with Gasteiger partial charge in [-0.1, -0.05) is 54.6 Å². The van der Waals surface area contributed by atoms with E-state index in [0.717, 1.165) is 13.0 Å². The number of rotatable bonds is 2. The van der Waals surface area contributed by atoms with Crippen LogP contribution in [0.15, 0.2) is 61.2 Å². The van der Waals surface area contributed by atoms with Crippen molar-refractivity contribution in [3.05, 3.63) is 83.4 Å². The predicted molar refractivity (Wildman–Crippen MR) is 87.5 cm³/mol. The Hall–Kier alpha value is -1.86. The average Bonchev–Trinajstić information content (AvgIpc) is 2.73. The molecule has 2 aliphatic heterocycles. The fourth-order valence-corrected chi connectivity index (χ4v) is 4.34. The Labute approximate surface area is 126 Å². The molecule has 2 bridgehead atoms. The molecule has 0 saturated heterocycles. The van der Waals surface area contributed by atoms with Crippen LogP contribution in [0.1, 0.15) is 41.1 Å². The Bertz CT molecular complexity index is 688. The first-order valence-electron chi connectivity index (χ1n) is 7.84. The van der Waals surface area contributed by atoms with Crippen molar-refractivity contribution in [3.63, 3.8) is 0 Å². The molecule has 5 rings (SSSR count). The summed E-state index contributed by atoms with van der Waals surface area (Å²) in [6.07, 6.45) is 3.16. The average molecular weight is 275 g/mol. The first-order valence-corrected chi connectivity index (χ1v) is 7.84. The SMILES string of the molecule is C=CCN1[C@H]2Cc3ccccc3[C@H](c3ccccc32)[C@@H]1C. The number of hydrogen-bond acceptors (Lipinski definition) is 1. The molecule has 0 N–H and O–H groups in total. The number of hydrogen-bond donors (Lipinski definition) is 0. The van der Waals surface area contributed by atoms with Gasteiger partial charge in [0, 0.05) is 24.5 Å². The van der Waals surface area contributed by atoms with Crippen LogP contribution in [-0.2, 0) is 6.42 Å². The van der Waals surface area contributed by atoms with Crippen LogP contribution in [0.2, 0.25) is 0 Å².